The third-order valence-electron chi connectivity index (χ3n) is 3.63. The van der Waals surface area contributed by atoms with E-state index in [0.717, 1.165) is 12.0 Å². The third-order valence-corrected chi connectivity index (χ3v) is 3.63. The Labute approximate surface area is 123 Å². The second kappa shape index (κ2) is 6.69. The van der Waals surface area contributed by atoms with Gasteiger partial charge in [0.2, 0.25) is 5.91 Å². The van der Waals surface area contributed by atoms with Crippen LogP contribution in [0.4, 0.5) is 5.69 Å². The van der Waals surface area contributed by atoms with Crippen molar-refractivity contribution in [1.82, 2.24) is 4.90 Å². The summed E-state index contributed by atoms with van der Waals surface area (Å²) in [6.07, 6.45) is 0.346. The molecule has 6 nitrogen and oxygen atoms in total. The molecule has 0 aliphatic carbocycles. The number of β-amino-alcohol motifs (C(OH)–C–C–N with tert-alkyl or cyclic N) is 1. The van der Waals surface area contributed by atoms with Crippen molar-refractivity contribution in [2.45, 2.75) is 31.9 Å². The number of likely N-dealkylation sites (tertiary alicyclic amines) is 1. The minimum atomic E-state index is -1.01. The molecule has 0 aromatic heterocycles. The maximum atomic E-state index is 12.0. The van der Waals surface area contributed by atoms with E-state index in [-0.39, 0.29) is 25.4 Å². The Morgan fingerprint density at radius 2 is 2.19 bits per heavy atom. The van der Waals surface area contributed by atoms with Crippen molar-refractivity contribution >= 4 is 17.6 Å². The number of aliphatic carboxylic acids is 1. The van der Waals surface area contributed by atoms with E-state index in [1.54, 1.807) is 6.07 Å². The molecule has 1 aromatic carbocycles. The van der Waals surface area contributed by atoms with E-state index in [1.165, 1.54) is 4.90 Å². The molecule has 2 rings (SSSR count). The van der Waals surface area contributed by atoms with E-state index in [1.807, 2.05) is 25.1 Å². The number of nitrogens with zero attached hydrogens (tertiary/aromatic N) is 1. The SMILES string of the molecule is CCc1cccc(NC(=O)CN2CC(O)CC2C(=O)O)c1. The summed E-state index contributed by atoms with van der Waals surface area (Å²) in [4.78, 5) is 24.6. The number of rotatable bonds is 5. The quantitative estimate of drug-likeness (QED) is 0.743. The van der Waals surface area contributed by atoms with Gasteiger partial charge >= 0.3 is 5.97 Å². The summed E-state index contributed by atoms with van der Waals surface area (Å²) in [6, 6.07) is 6.74. The lowest BCUT2D eigenvalue weighted by Gasteiger charge is -2.20. The summed E-state index contributed by atoms with van der Waals surface area (Å²) in [5.41, 5.74) is 1.82. The van der Waals surface area contributed by atoms with Crippen LogP contribution in [-0.2, 0) is 16.0 Å². The smallest absolute Gasteiger partial charge is 0.321 e. The fraction of sp³-hybridized carbons (Fsp3) is 0.467. The van der Waals surface area contributed by atoms with Crippen molar-refractivity contribution in [3.8, 4) is 0 Å². The number of aliphatic hydroxyl groups is 1. The largest absolute Gasteiger partial charge is 0.480 e. The van der Waals surface area contributed by atoms with Gasteiger partial charge in [0.1, 0.15) is 6.04 Å². The number of hydrogen-bond donors (Lipinski definition) is 3. The molecular weight excluding hydrogens is 272 g/mol. The van der Waals surface area contributed by atoms with Crippen LogP contribution in [0.5, 0.6) is 0 Å². The van der Waals surface area contributed by atoms with Gasteiger partial charge < -0.3 is 15.5 Å². The molecule has 2 unspecified atom stereocenters. The van der Waals surface area contributed by atoms with Crippen LogP contribution in [0.1, 0.15) is 18.9 Å². The van der Waals surface area contributed by atoms with Gasteiger partial charge in [-0.3, -0.25) is 14.5 Å². The van der Waals surface area contributed by atoms with Crippen LogP contribution >= 0.6 is 0 Å². The van der Waals surface area contributed by atoms with E-state index in [9.17, 15) is 14.7 Å². The summed E-state index contributed by atoms with van der Waals surface area (Å²) in [7, 11) is 0. The molecule has 1 aromatic rings. The summed E-state index contributed by atoms with van der Waals surface area (Å²) < 4.78 is 0. The number of carboxylic acid groups (broad SMARTS) is 1. The Morgan fingerprint density at radius 1 is 1.43 bits per heavy atom. The van der Waals surface area contributed by atoms with Crippen LogP contribution in [0.2, 0.25) is 0 Å². The number of carboxylic acids is 1. The van der Waals surface area contributed by atoms with Crippen molar-refractivity contribution in [2.24, 2.45) is 0 Å². The Bertz CT molecular complexity index is 532. The highest BCUT2D eigenvalue weighted by Gasteiger charge is 2.36. The second-order valence-electron chi connectivity index (χ2n) is 5.28. The lowest BCUT2D eigenvalue weighted by molar-refractivity contribution is -0.142. The first kappa shape index (κ1) is 15.5. The Balaban J connectivity index is 1.96. The normalized spacial score (nSPS) is 22.2. The Morgan fingerprint density at radius 3 is 2.86 bits per heavy atom. The lowest BCUT2D eigenvalue weighted by atomic mass is 10.1. The molecule has 1 heterocycles. The van der Waals surface area contributed by atoms with Gasteiger partial charge in [-0.25, -0.2) is 0 Å². The van der Waals surface area contributed by atoms with Crippen molar-refractivity contribution in [1.29, 1.82) is 0 Å². The molecule has 0 saturated carbocycles. The highest BCUT2D eigenvalue weighted by Crippen LogP contribution is 2.18. The molecule has 1 aliphatic heterocycles. The first-order chi connectivity index (χ1) is 9.99. The molecule has 3 N–H and O–H groups in total. The summed E-state index contributed by atoms with van der Waals surface area (Å²) in [6.45, 7) is 2.20. The zero-order chi connectivity index (χ0) is 15.4. The van der Waals surface area contributed by atoms with Gasteiger partial charge in [-0.05, 0) is 24.1 Å². The van der Waals surface area contributed by atoms with E-state index >= 15 is 0 Å². The number of amides is 1. The standard InChI is InChI=1S/C15H20N2O4/c1-2-10-4-3-5-11(6-10)16-14(19)9-17-8-12(18)7-13(17)15(20)21/h3-6,12-13,18H,2,7-9H2,1H3,(H,16,19)(H,20,21). The number of nitrogens with one attached hydrogen (secondary N) is 1. The minimum Gasteiger partial charge on any atom is -0.480 e. The van der Waals surface area contributed by atoms with Gasteiger partial charge in [0.05, 0.1) is 12.6 Å². The summed E-state index contributed by atoms with van der Waals surface area (Å²) >= 11 is 0. The molecule has 1 aliphatic rings. The zero-order valence-corrected chi connectivity index (χ0v) is 12.0. The minimum absolute atomic E-state index is 0.0373. The van der Waals surface area contributed by atoms with Gasteiger partial charge in [-0.2, -0.15) is 0 Å². The van der Waals surface area contributed by atoms with Crippen molar-refractivity contribution in [3.63, 3.8) is 0 Å². The number of benzene rings is 1. The number of carbonyl (C=O) groups is 2. The van der Waals surface area contributed by atoms with Gasteiger partial charge in [0.25, 0.3) is 0 Å². The lowest BCUT2D eigenvalue weighted by Crippen LogP contribution is -2.41. The Hall–Kier alpha value is -1.92. The fourth-order valence-electron chi connectivity index (χ4n) is 2.56. The molecule has 114 valence electrons. The van der Waals surface area contributed by atoms with Gasteiger partial charge in [-0.1, -0.05) is 19.1 Å². The first-order valence-corrected chi connectivity index (χ1v) is 7.03. The van der Waals surface area contributed by atoms with Crippen LogP contribution in [0.25, 0.3) is 0 Å². The van der Waals surface area contributed by atoms with Crippen LogP contribution in [-0.4, -0.2) is 52.2 Å². The predicted molar refractivity (Wildman–Crippen MR) is 78.1 cm³/mol. The van der Waals surface area contributed by atoms with Crippen LogP contribution in [0, 0.1) is 0 Å². The average molecular weight is 292 g/mol. The zero-order valence-electron chi connectivity index (χ0n) is 12.0. The fourth-order valence-corrected chi connectivity index (χ4v) is 2.56. The number of aryl methyl sites for hydroxylation is 1. The highest BCUT2D eigenvalue weighted by molar-refractivity contribution is 5.92. The van der Waals surface area contributed by atoms with Crippen molar-refractivity contribution in [2.75, 3.05) is 18.4 Å². The molecule has 1 saturated heterocycles. The third kappa shape index (κ3) is 4.03. The van der Waals surface area contributed by atoms with Gasteiger partial charge in [0, 0.05) is 18.7 Å². The molecule has 6 heteroatoms. The van der Waals surface area contributed by atoms with Crippen LogP contribution < -0.4 is 5.32 Å². The van der Waals surface area contributed by atoms with E-state index < -0.39 is 18.1 Å². The molecule has 2 atom stereocenters. The average Bonchev–Trinajstić information content (AvgIpc) is 2.79. The highest BCUT2D eigenvalue weighted by atomic mass is 16.4. The summed E-state index contributed by atoms with van der Waals surface area (Å²) in [5.74, 6) is -1.28. The first-order valence-electron chi connectivity index (χ1n) is 7.03. The van der Waals surface area contributed by atoms with Crippen LogP contribution in [0.15, 0.2) is 24.3 Å². The Kier molecular flexibility index (Phi) is 4.93. The van der Waals surface area contributed by atoms with Crippen molar-refractivity contribution in [3.05, 3.63) is 29.8 Å². The van der Waals surface area contributed by atoms with Crippen LogP contribution in [0.3, 0.4) is 0 Å². The molecule has 0 spiro atoms. The topological polar surface area (TPSA) is 89.9 Å². The van der Waals surface area contributed by atoms with E-state index in [4.69, 9.17) is 5.11 Å². The molecular formula is C15H20N2O4. The molecule has 1 fully saturated rings. The number of anilines is 1. The number of carbonyl (C=O) groups excluding carboxylic acids is 1. The van der Waals surface area contributed by atoms with Gasteiger partial charge in [0.15, 0.2) is 0 Å². The van der Waals surface area contributed by atoms with Crippen molar-refractivity contribution < 1.29 is 19.8 Å². The van der Waals surface area contributed by atoms with E-state index in [2.05, 4.69) is 5.32 Å². The second-order valence-corrected chi connectivity index (χ2v) is 5.28. The van der Waals surface area contributed by atoms with E-state index in [0.29, 0.717) is 5.69 Å². The maximum Gasteiger partial charge on any atom is 0.321 e. The number of aliphatic hydroxyl groups excluding tert-OH is 1. The molecule has 1 amide bonds. The molecule has 0 radical (unpaired) electrons. The predicted octanol–water partition coefficient (Wildman–Crippen LogP) is 0.707. The number of hydrogen-bond acceptors (Lipinski definition) is 4. The maximum absolute atomic E-state index is 12.0. The molecule has 21 heavy (non-hydrogen) atoms. The summed E-state index contributed by atoms with van der Waals surface area (Å²) in [5, 5.41) is 21.4. The monoisotopic (exact) mass is 292 g/mol. The molecule has 0 bridgehead atoms. The van der Waals surface area contributed by atoms with Gasteiger partial charge in [-0.15, -0.1) is 0 Å².